The van der Waals surface area contributed by atoms with Gasteiger partial charge in [0, 0.05) is 0 Å². The molecule has 0 aromatic carbocycles. The Labute approximate surface area is 161 Å². The largest absolute Gasteiger partial charge is 0.0811 e. The van der Waals surface area contributed by atoms with Crippen molar-refractivity contribution in [2.24, 2.45) is 70.0 Å². The van der Waals surface area contributed by atoms with E-state index in [0.29, 0.717) is 10.8 Å². The third kappa shape index (κ3) is 1.79. The van der Waals surface area contributed by atoms with Crippen molar-refractivity contribution in [1.29, 1.82) is 0 Å². The topological polar surface area (TPSA) is 0 Å². The molecule has 5 fully saturated rings. The molecule has 11 unspecified atom stereocenters. The van der Waals surface area contributed by atoms with Crippen LogP contribution in [0.5, 0.6) is 0 Å². The zero-order valence-electron chi connectivity index (χ0n) is 17.8. The normalized spacial score (nSPS) is 61.8. The maximum Gasteiger partial charge on any atom is -0.0165 e. The highest BCUT2D eigenvalue weighted by molar-refractivity contribution is 5.32. The van der Waals surface area contributed by atoms with Crippen molar-refractivity contribution >= 4 is 0 Å². The van der Waals surface area contributed by atoms with Crippen molar-refractivity contribution < 1.29 is 0 Å². The number of rotatable bonds is 2. The standard InChI is InChI=1S/C26H40/c1-6-25(4)8-7-9-26(5)21(25)11-15-10-18-20-12-16(14(2)3)17-13-19(17)23(20)24(26)22(15)18/h12,14-15,17-24H,6-11,13H2,1-5H3. The summed E-state index contributed by atoms with van der Waals surface area (Å²) in [5.41, 5.74) is 3.18. The molecule has 0 nitrogen and oxygen atoms in total. The molecule has 0 N–H and O–H groups in total. The van der Waals surface area contributed by atoms with E-state index in [2.05, 4.69) is 40.7 Å². The van der Waals surface area contributed by atoms with Crippen LogP contribution in [0.3, 0.4) is 0 Å². The van der Waals surface area contributed by atoms with Gasteiger partial charge in [0.15, 0.2) is 0 Å². The van der Waals surface area contributed by atoms with E-state index in [-0.39, 0.29) is 0 Å². The molecular formula is C26H40. The predicted molar refractivity (Wildman–Crippen MR) is 109 cm³/mol. The van der Waals surface area contributed by atoms with Crippen LogP contribution in [0.4, 0.5) is 0 Å². The Kier molecular flexibility index (Phi) is 3.21. The maximum atomic E-state index is 2.88. The predicted octanol–water partition coefficient (Wildman–Crippen LogP) is 6.96. The van der Waals surface area contributed by atoms with Gasteiger partial charge in [0.2, 0.25) is 0 Å². The van der Waals surface area contributed by atoms with Crippen LogP contribution in [-0.4, -0.2) is 0 Å². The first-order valence-electron chi connectivity index (χ1n) is 12.1. The van der Waals surface area contributed by atoms with E-state index in [4.69, 9.17) is 0 Å². The van der Waals surface area contributed by atoms with Crippen LogP contribution in [0.2, 0.25) is 0 Å². The number of hydrogen-bond donors (Lipinski definition) is 0. The van der Waals surface area contributed by atoms with E-state index in [0.717, 1.165) is 59.2 Å². The molecule has 26 heavy (non-hydrogen) atoms. The Morgan fingerprint density at radius 3 is 2.58 bits per heavy atom. The molecule has 0 aromatic rings. The average molecular weight is 353 g/mol. The van der Waals surface area contributed by atoms with Crippen LogP contribution < -0.4 is 0 Å². The van der Waals surface area contributed by atoms with Crippen molar-refractivity contribution in [3.63, 3.8) is 0 Å². The molecule has 0 heterocycles. The Bertz CT molecular complexity index is 657. The van der Waals surface area contributed by atoms with Gasteiger partial charge in [0.05, 0.1) is 0 Å². The van der Waals surface area contributed by atoms with E-state index in [1.165, 1.54) is 19.3 Å². The molecule has 0 heteroatoms. The highest BCUT2D eigenvalue weighted by atomic mass is 14.8. The molecule has 0 amide bonds. The van der Waals surface area contributed by atoms with Gasteiger partial charge >= 0.3 is 0 Å². The highest BCUT2D eigenvalue weighted by Gasteiger charge is 2.72. The van der Waals surface area contributed by atoms with Crippen LogP contribution in [0.25, 0.3) is 0 Å². The van der Waals surface area contributed by atoms with E-state index in [1.54, 1.807) is 25.7 Å². The summed E-state index contributed by atoms with van der Waals surface area (Å²) in [7, 11) is 0. The number of fused-ring (bicyclic) bond motifs is 7. The van der Waals surface area contributed by atoms with E-state index in [1.807, 2.05) is 5.57 Å². The molecule has 0 aromatic heterocycles. The summed E-state index contributed by atoms with van der Waals surface area (Å²) in [6.07, 6.45) is 13.6. The summed E-state index contributed by atoms with van der Waals surface area (Å²) < 4.78 is 0. The smallest absolute Gasteiger partial charge is 0.0165 e. The van der Waals surface area contributed by atoms with Crippen molar-refractivity contribution in [1.82, 2.24) is 0 Å². The lowest BCUT2D eigenvalue weighted by Crippen LogP contribution is -2.58. The van der Waals surface area contributed by atoms with Crippen molar-refractivity contribution in [2.45, 2.75) is 79.6 Å². The molecule has 0 spiro atoms. The van der Waals surface area contributed by atoms with Crippen LogP contribution >= 0.6 is 0 Å². The number of hydrogen-bond acceptors (Lipinski definition) is 0. The minimum absolute atomic E-state index is 0.637. The summed E-state index contributed by atoms with van der Waals surface area (Å²) in [5.74, 6) is 10.3. The molecule has 0 bridgehead atoms. The molecule has 0 aliphatic heterocycles. The van der Waals surface area contributed by atoms with Crippen LogP contribution in [-0.2, 0) is 0 Å². The zero-order valence-corrected chi connectivity index (χ0v) is 17.8. The molecule has 11 atom stereocenters. The van der Waals surface area contributed by atoms with Gasteiger partial charge < -0.3 is 0 Å². The van der Waals surface area contributed by atoms with Gasteiger partial charge in [0.1, 0.15) is 0 Å². The fraction of sp³-hybridized carbons (Fsp3) is 0.923. The monoisotopic (exact) mass is 352 g/mol. The lowest BCUT2D eigenvalue weighted by Gasteiger charge is -2.65. The molecule has 144 valence electrons. The molecule has 5 saturated carbocycles. The first-order chi connectivity index (χ1) is 12.4. The fourth-order valence-electron chi connectivity index (χ4n) is 10.2. The quantitative estimate of drug-likeness (QED) is 0.471. The zero-order chi connectivity index (χ0) is 18.0. The summed E-state index contributed by atoms with van der Waals surface area (Å²) in [4.78, 5) is 0. The fourth-order valence-corrected chi connectivity index (χ4v) is 10.2. The SMILES string of the molecule is CCC1(C)CCCC2(C)C3C4C(CC4C4C=C(C(C)C)C5CC5C43)CC12. The molecule has 6 rings (SSSR count). The van der Waals surface area contributed by atoms with Crippen LogP contribution in [0.15, 0.2) is 11.6 Å². The van der Waals surface area contributed by atoms with Crippen LogP contribution in [0, 0.1) is 70.0 Å². The van der Waals surface area contributed by atoms with Gasteiger partial charge in [-0.3, -0.25) is 0 Å². The Balaban J connectivity index is 1.43. The Hall–Kier alpha value is -0.260. The second-order valence-corrected chi connectivity index (χ2v) is 12.4. The van der Waals surface area contributed by atoms with Gasteiger partial charge in [0.25, 0.3) is 0 Å². The van der Waals surface area contributed by atoms with Crippen molar-refractivity contribution in [3.8, 4) is 0 Å². The first kappa shape index (κ1) is 16.7. The van der Waals surface area contributed by atoms with Gasteiger partial charge in [-0.1, -0.05) is 59.1 Å². The van der Waals surface area contributed by atoms with Gasteiger partial charge in [-0.25, -0.2) is 0 Å². The molecule has 6 aliphatic carbocycles. The van der Waals surface area contributed by atoms with E-state index >= 15 is 0 Å². The molecule has 0 radical (unpaired) electrons. The second-order valence-electron chi connectivity index (χ2n) is 12.4. The van der Waals surface area contributed by atoms with Crippen molar-refractivity contribution in [2.75, 3.05) is 0 Å². The maximum absolute atomic E-state index is 2.88. The first-order valence-corrected chi connectivity index (χ1v) is 12.1. The van der Waals surface area contributed by atoms with Gasteiger partial charge in [-0.15, -0.1) is 0 Å². The molecule has 0 saturated heterocycles. The lowest BCUT2D eigenvalue weighted by atomic mass is 9.40. The van der Waals surface area contributed by atoms with Crippen LogP contribution in [0.1, 0.15) is 79.6 Å². The molecular weight excluding hydrogens is 312 g/mol. The third-order valence-corrected chi connectivity index (χ3v) is 11.4. The van der Waals surface area contributed by atoms with Crippen molar-refractivity contribution in [3.05, 3.63) is 11.6 Å². The van der Waals surface area contributed by atoms with Gasteiger partial charge in [-0.05, 0) is 102 Å². The summed E-state index contributed by atoms with van der Waals surface area (Å²) in [6, 6.07) is 0. The summed E-state index contributed by atoms with van der Waals surface area (Å²) >= 11 is 0. The third-order valence-electron chi connectivity index (χ3n) is 11.4. The van der Waals surface area contributed by atoms with E-state index in [9.17, 15) is 0 Å². The van der Waals surface area contributed by atoms with E-state index < -0.39 is 0 Å². The molecule has 6 aliphatic rings. The summed E-state index contributed by atoms with van der Waals surface area (Å²) in [6.45, 7) is 12.9. The number of allylic oxidation sites excluding steroid dienone is 2. The average Bonchev–Trinajstić information content (AvgIpc) is 3.31. The second kappa shape index (κ2) is 5.01. The Morgan fingerprint density at radius 1 is 1.04 bits per heavy atom. The minimum Gasteiger partial charge on any atom is -0.0811 e. The summed E-state index contributed by atoms with van der Waals surface area (Å²) in [5, 5.41) is 0. The lowest BCUT2D eigenvalue weighted by molar-refractivity contribution is -0.162. The Morgan fingerprint density at radius 2 is 1.85 bits per heavy atom. The van der Waals surface area contributed by atoms with Gasteiger partial charge in [-0.2, -0.15) is 0 Å². The highest BCUT2D eigenvalue weighted by Crippen LogP contribution is 2.79. The minimum atomic E-state index is 0.637.